The molecule has 0 aromatic carbocycles. The first-order valence-electron chi connectivity index (χ1n) is 7.05. The first-order valence-corrected chi connectivity index (χ1v) is 8.21. The van der Waals surface area contributed by atoms with E-state index < -0.39 is 5.91 Å². The van der Waals surface area contributed by atoms with Gasteiger partial charge in [-0.15, -0.1) is 0 Å². The molecule has 19 heavy (non-hydrogen) atoms. The van der Waals surface area contributed by atoms with Crippen LogP contribution in [0.1, 0.15) is 32.1 Å². The first kappa shape index (κ1) is 14.7. The fourth-order valence-corrected chi connectivity index (χ4v) is 3.83. The van der Waals surface area contributed by atoms with Gasteiger partial charge in [0, 0.05) is 36.6 Å². The first-order chi connectivity index (χ1) is 9.16. The van der Waals surface area contributed by atoms with E-state index in [4.69, 9.17) is 5.73 Å². The van der Waals surface area contributed by atoms with Crippen molar-refractivity contribution in [3.8, 4) is 0 Å². The summed E-state index contributed by atoms with van der Waals surface area (Å²) in [5, 5.41) is 3.36. The van der Waals surface area contributed by atoms with Crippen LogP contribution in [0, 0.1) is 0 Å². The van der Waals surface area contributed by atoms with Gasteiger partial charge in [0.05, 0.1) is 6.54 Å². The molecule has 1 aliphatic heterocycles. The van der Waals surface area contributed by atoms with Gasteiger partial charge in [-0.1, -0.05) is 12.8 Å². The molecule has 1 atom stereocenters. The smallest absolute Gasteiger partial charge is 0.237 e. The lowest BCUT2D eigenvalue weighted by Crippen LogP contribution is -2.48. The largest absolute Gasteiger partial charge is 0.368 e. The number of carbonyl (C=O) groups is 2. The van der Waals surface area contributed by atoms with E-state index in [9.17, 15) is 9.59 Å². The van der Waals surface area contributed by atoms with Gasteiger partial charge in [-0.05, 0) is 12.8 Å². The molecule has 0 bridgehead atoms. The molecule has 1 aliphatic carbocycles. The van der Waals surface area contributed by atoms with Gasteiger partial charge in [-0.2, -0.15) is 11.8 Å². The Bertz CT molecular complexity index is 326. The molecule has 0 aromatic heterocycles. The summed E-state index contributed by atoms with van der Waals surface area (Å²) >= 11 is 1.88. The number of nitrogens with two attached hydrogens (primary N) is 1. The summed E-state index contributed by atoms with van der Waals surface area (Å²) in [4.78, 5) is 25.3. The maximum atomic E-state index is 12.4. The molecule has 1 saturated heterocycles. The highest BCUT2D eigenvalue weighted by Gasteiger charge is 2.29. The van der Waals surface area contributed by atoms with E-state index in [2.05, 4.69) is 5.32 Å². The monoisotopic (exact) mass is 285 g/mol. The number of hydrogen-bond donors (Lipinski definition) is 2. The van der Waals surface area contributed by atoms with Crippen LogP contribution in [0.3, 0.4) is 0 Å². The second kappa shape index (κ2) is 7.14. The number of hydrogen-bond acceptors (Lipinski definition) is 4. The number of thioether (sulfide) groups is 1. The topological polar surface area (TPSA) is 75.4 Å². The van der Waals surface area contributed by atoms with Crippen LogP contribution in [0.4, 0.5) is 0 Å². The maximum Gasteiger partial charge on any atom is 0.237 e. The fourth-order valence-electron chi connectivity index (χ4n) is 2.88. The minimum atomic E-state index is -0.411. The second-order valence-corrected chi connectivity index (χ2v) is 6.51. The molecule has 6 heteroatoms. The summed E-state index contributed by atoms with van der Waals surface area (Å²) in [5.41, 5.74) is 5.28. The minimum absolute atomic E-state index is 0.0728. The summed E-state index contributed by atoms with van der Waals surface area (Å²) in [6.07, 6.45) is 4.78. The Morgan fingerprint density at radius 3 is 2.63 bits per heavy atom. The lowest BCUT2D eigenvalue weighted by Gasteiger charge is -2.30. The van der Waals surface area contributed by atoms with Gasteiger partial charge in [0.1, 0.15) is 0 Å². The molecule has 2 aliphatic rings. The molecule has 3 N–H and O–H groups in total. The van der Waals surface area contributed by atoms with Crippen LogP contribution >= 0.6 is 11.8 Å². The van der Waals surface area contributed by atoms with Crippen LogP contribution in [0.25, 0.3) is 0 Å². The van der Waals surface area contributed by atoms with Crippen molar-refractivity contribution in [3.63, 3.8) is 0 Å². The molecular weight excluding hydrogens is 262 g/mol. The Balaban J connectivity index is 1.91. The van der Waals surface area contributed by atoms with Crippen molar-refractivity contribution in [2.45, 2.75) is 44.2 Å². The quantitative estimate of drug-likeness (QED) is 0.764. The molecule has 2 rings (SSSR count). The molecule has 108 valence electrons. The Hall–Kier alpha value is -0.750. The van der Waals surface area contributed by atoms with Gasteiger partial charge in [-0.3, -0.25) is 9.59 Å². The summed E-state index contributed by atoms with van der Waals surface area (Å²) in [6, 6.07) is 0.458. The number of carbonyl (C=O) groups excluding carboxylic acids is 2. The highest BCUT2D eigenvalue weighted by atomic mass is 32.2. The van der Waals surface area contributed by atoms with Gasteiger partial charge < -0.3 is 16.0 Å². The van der Waals surface area contributed by atoms with Crippen molar-refractivity contribution in [2.24, 2.45) is 5.73 Å². The molecule has 2 fully saturated rings. The van der Waals surface area contributed by atoms with E-state index in [1.165, 1.54) is 0 Å². The van der Waals surface area contributed by atoms with Crippen molar-refractivity contribution < 1.29 is 9.59 Å². The van der Waals surface area contributed by atoms with Crippen LogP contribution in [-0.4, -0.2) is 53.4 Å². The van der Waals surface area contributed by atoms with Crippen LogP contribution in [0.5, 0.6) is 0 Å². The zero-order chi connectivity index (χ0) is 13.7. The van der Waals surface area contributed by atoms with E-state index in [-0.39, 0.29) is 24.5 Å². The molecular formula is C13H23N3O2S. The van der Waals surface area contributed by atoms with E-state index in [1.807, 2.05) is 11.8 Å². The predicted octanol–water partition coefficient (Wildman–Crippen LogP) is 0.338. The Morgan fingerprint density at radius 2 is 2.05 bits per heavy atom. The zero-order valence-electron chi connectivity index (χ0n) is 11.3. The maximum absolute atomic E-state index is 12.4. The molecule has 2 amide bonds. The molecule has 5 nitrogen and oxygen atoms in total. The van der Waals surface area contributed by atoms with E-state index in [0.29, 0.717) is 6.42 Å². The lowest BCUT2D eigenvalue weighted by atomic mass is 10.1. The lowest BCUT2D eigenvalue weighted by molar-refractivity contribution is -0.137. The average Bonchev–Trinajstić information content (AvgIpc) is 2.90. The molecule has 1 heterocycles. The van der Waals surface area contributed by atoms with E-state index in [0.717, 1.165) is 43.7 Å². The minimum Gasteiger partial charge on any atom is -0.368 e. The third kappa shape index (κ3) is 4.38. The van der Waals surface area contributed by atoms with Gasteiger partial charge in [0.15, 0.2) is 0 Å². The summed E-state index contributed by atoms with van der Waals surface area (Å²) < 4.78 is 0. The Labute approximate surface area is 118 Å². The number of primary amides is 1. The van der Waals surface area contributed by atoms with Gasteiger partial charge in [0.2, 0.25) is 11.8 Å². The normalized spacial score (nSPS) is 24.3. The van der Waals surface area contributed by atoms with Crippen molar-refractivity contribution in [3.05, 3.63) is 0 Å². The summed E-state index contributed by atoms with van der Waals surface area (Å²) in [5.74, 6) is 1.75. The second-order valence-electron chi connectivity index (χ2n) is 5.36. The van der Waals surface area contributed by atoms with Crippen LogP contribution in [-0.2, 0) is 9.59 Å². The fraction of sp³-hybridized carbons (Fsp3) is 0.846. The zero-order valence-corrected chi connectivity index (χ0v) is 12.1. The predicted molar refractivity (Wildman–Crippen MR) is 76.9 cm³/mol. The Kier molecular flexibility index (Phi) is 5.51. The number of nitrogens with one attached hydrogen (secondary N) is 1. The van der Waals surface area contributed by atoms with Gasteiger partial charge in [-0.25, -0.2) is 0 Å². The summed E-state index contributed by atoms with van der Waals surface area (Å²) in [7, 11) is 0. The molecule has 1 saturated carbocycles. The summed E-state index contributed by atoms with van der Waals surface area (Å²) in [6.45, 7) is 1.03. The van der Waals surface area contributed by atoms with Crippen molar-refractivity contribution in [1.82, 2.24) is 10.2 Å². The van der Waals surface area contributed by atoms with Crippen molar-refractivity contribution in [2.75, 3.05) is 24.6 Å². The number of rotatable bonds is 5. The third-order valence-corrected chi connectivity index (χ3v) is 4.96. The van der Waals surface area contributed by atoms with Crippen LogP contribution in [0.2, 0.25) is 0 Å². The number of nitrogens with zero attached hydrogens (tertiary/aromatic N) is 1. The van der Waals surface area contributed by atoms with Crippen molar-refractivity contribution >= 4 is 23.6 Å². The number of amides is 2. The average molecular weight is 285 g/mol. The van der Waals surface area contributed by atoms with Crippen LogP contribution < -0.4 is 11.1 Å². The highest BCUT2D eigenvalue weighted by Crippen LogP contribution is 2.24. The molecule has 0 spiro atoms. The highest BCUT2D eigenvalue weighted by molar-refractivity contribution is 7.99. The molecule has 0 radical (unpaired) electrons. The van der Waals surface area contributed by atoms with Gasteiger partial charge >= 0.3 is 0 Å². The van der Waals surface area contributed by atoms with Crippen molar-refractivity contribution in [1.29, 1.82) is 0 Å². The third-order valence-electron chi connectivity index (χ3n) is 3.83. The van der Waals surface area contributed by atoms with Crippen LogP contribution in [0.15, 0.2) is 0 Å². The molecule has 0 aromatic rings. The van der Waals surface area contributed by atoms with Gasteiger partial charge in [0.25, 0.3) is 0 Å². The Morgan fingerprint density at radius 1 is 1.32 bits per heavy atom. The molecule has 1 unspecified atom stereocenters. The standard InChI is InChI=1S/C13H23N3O2S/c14-12(17)8-16(11-3-1-2-4-11)13(18)7-10-9-19-6-5-15-10/h10-11,15H,1-9H2,(H2,14,17). The SMILES string of the molecule is NC(=O)CN(C(=O)CC1CSCCN1)C1CCCC1. The van der Waals surface area contributed by atoms with E-state index >= 15 is 0 Å². The van der Waals surface area contributed by atoms with E-state index in [1.54, 1.807) is 4.90 Å².